The Kier molecular flexibility index (Phi) is 24.8. The van der Waals surface area contributed by atoms with E-state index in [2.05, 4.69) is 37.2 Å². The molecule has 6 aromatic rings. The van der Waals surface area contributed by atoms with Crippen LogP contribution >= 0.6 is 23.2 Å². The highest BCUT2D eigenvalue weighted by Gasteiger charge is 2.84. The Morgan fingerprint density at radius 1 is 0.712 bits per heavy atom. The van der Waals surface area contributed by atoms with E-state index in [1.165, 1.54) is 85.9 Å². The number of phenols is 1. The third kappa shape index (κ3) is 16.5. The summed E-state index contributed by atoms with van der Waals surface area (Å²) in [4.78, 5) is 104. The third-order valence-electron chi connectivity index (χ3n) is 23.9. The zero-order chi connectivity index (χ0) is 84.3. The van der Waals surface area contributed by atoms with Gasteiger partial charge >= 0.3 is 0 Å². The average molecular weight is 1690 g/mol. The van der Waals surface area contributed by atoms with Gasteiger partial charge in [0.05, 0.1) is 65.8 Å². The van der Waals surface area contributed by atoms with E-state index < -0.39 is 190 Å². The lowest BCUT2D eigenvalue weighted by Gasteiger charge is -2.88. The summed E-state index contributed by atoms with van der Waals surface area (Å²) in [5.74, 6) is -11.6. The Bertz CT molecular complexity index is 4980. The van der Waals surface area contributed by atoms with Gasteiger partial charge in [-0.2, -0.15) is 0 Å². The Morgan fingerprint density at radius 3 is 2.00 bits per heavy atom. The lowest BCUT2D eigenvalue weighted by Crippen LogP contribution is -2.88. The molecule has 9 bridgehead atoms. The number of rotatable bonds is 23. The maximum absolute atomic E-state index is 16.0. The Hall–Kier alpha value is -9.38. The number of aromatic hydroxyl groups is 1. The van der Waals surface area contributed by atoms with Gasteiger partial charge in [0.25, 0.3) is 10.0 Å². The molecule has 118 heavy (non-hydrogen) atoms. The lowest BCUT2D eigenvalue weighted by molar-refractivity contribution is -0.390. The van der Waals surface area contributed by atoms with Gasteiger partial charge in [-0.05, 0) is 192 Å². The van der Waals surface area contributed by atoms with E-state index in [9.17, 15) is 68.4 Å². The molecule has 17 atom stereocenters. The minimum absolute atomic E-state index is 0.00362. The molecule has 6 aromatic carbocycles. The summed E-state index contributed by atoms with van der Waals surface area (Å²) in [6.07, 6.45) is -11.9. The zero-order valence-electron chi connectivity index (χ0n) is 64.4. The predicted molar refractivity (Wildman–Crippen MR) is 418 cm³/mol. The minimum atomic E-state index is -4.86. The third-order valence-corrected chi connectivity index (χ3v) is 25.8. The van der Waals surface area contributed by atoms with E-state index in [0.717, 1.165) is 43.5 Å². The average Bonchev–Trinajstić information content (AvgIpc) is 0.693. The molecule has 5 heterocycles. The molecule has 5 fully saturated rings. The van der Waals surface area contributed by atoms with Crippen LogP contribution < -0.4 is 72.4 Å². The zero-order valence-corrected chi connectivity index (χ0v) is 66.7. The molecule has 16 rings (SSSR count). The molecular formula is C81H94Cl2N10O24S. The standard InChI is InChI=1S/C81H94Cl2N10O24S/c1-5-111-16-17-112-18-19-113-43-9-11-44(12-10-43)118(109,110)93-63(97)31-54-76(104)89-55-34-87-65(74(85)102)37-6-13-47-45(21-37)64-46(29-42(94)30-48(64)81(47,107)108)66(77(105)91-67-49-27-40-26-41-28-50(67)80(40,41)49)90-62(96)32-56(95)36-7-14-57(51(82)22-36)114-59-24-39(55)25-60(73(59)117-79-72(101)71(100)70(99)61(33-84)116-79)115-58-15-8-38(23-52(58)83)69(98)68(78(106)88-54)92-75(103)53(86-4)20-35(2)3/h6-15,21-25,29-30,35,40-41,49-50,53-56,61,65-72,79,86-87,94-95,98-101,107-108H,5,16-20,26-28,31-34,84H2,1-4H3,(H2,85,102)(H,88,106)(H,89,104)(H,90,96)(H,91,105)(H,92,103)(H,93,97). The molecule has 632 valence electrons. The van der Waals surface area contributed by atoms with Crippen molar-refractivity contribution < 1.29 is 116 Å². The van der Waals surface area contributed by atoms with Crippen LogP contribution in [-0.2, 0) is 63.6 Å². The predicted octanol–water partition coefficient (Wildman–Crippen LogP) is 2.30. The number of nitrogens with one attached hydrogen (secondary N) is 8. The normalized spacial score (nSPS) is 28.8. The van der Waals surface area contributed by atoms with Crippen molar-refractivity contribution in [1.29, 1.82) is 0 Å². The number of carbonyl (C=O) groups is 7. The molecule has 17 unspecified atom stereocenters. The number of amides is 7. The van der Waals surface area contributed by atoms with Gasteiger partial charge in [-0.1, -0.05) is 61.3 Å². The van der Waals surface area contributed by atoms with Crippen molar-refractivity contribution >= 4 is 74.6 Å². The number of hydrogen-bond donors (Lipinski definition) is 18. The fraction of sp³-hybridized carbons (Fsp3) is 0.469. The first kappa shape index (κ1) is 85.1. The van der Waals surface area contributed by atoms with E-state index in [-0.39, 0.29) is 126 Å². The van der Waals surface area contributed by atoms with Gasteiger partial charge in [0.2, 0.25) is 59.2 Å². The highest BCUT2D eigenvalue weighted by molar-refractivity contribution is 7.90. The van der Waals surface area contributed by atoms with Crippen LogP contribution in [0, 0.1) is 35.0 Å². The molecule has 5 aliphatic heterocycles. The number of fused-ring (bicyclic) bond motifs is 16. The maximum atomic E-state index is 16.0. The molecule has 5 aliphatic carbocycles. The lowest BCUT2D eigenvalue weighted by atomic mass is 9.17. The van der Waals surface area contributed by atoms with Gasteiger partial charge in [-0.15, -0.1) is 0 Å². The molecule has 1 spiro atoms. The highest BCUT2D eigenvalue weighted by Crippen LogP contribution is 2.87. The molecule has 34 nitrogen and oxygen atoms in total. The van der Waals surface area contributed by atoms with E-state index in [0.29, 0.717) is 31.7 Å². The summed E-state index contributed by atoms with van der Waals surface area (Å²) < 4.78 is 72.7. The summed E-state index contributed by atoms with van der Waals surface area (Å²) in [5, 5.41) is 114. The van der Waals surface area contributed by atoms with Crippen molar-refractivity contribution in [2.24, 2.45) is 46.5 Å². The number of aliphatic hydroxyl groups is 7. The maximum Gasteiger partial charge on any atom is 0.264 e. The summed E-state index contributed by atoms with van der Waals surface area (Å²) in [6.45, 7) is 5.73. The molecule has 37 heteroatoms. The molecule has 20 N–H and O–H groups in total. The summed E-state index contributed by atoms with van der Waals surface area (Å²) in [7, 11) is -3.37. The molecular weight excluding hydrogens is 1600 g/mol. The van der Waals surface area contributed by atoms with Gasteiger partial charge < -0.3 is 117 Å². The molecule has 7 amide bonds. The van der Waals surface area contributed by atoms with Crippen molar-refractivity contribution in [3.63, 3.8) is 0 Å². The van der Waals surface area contributed by atoms with Gasteiger partial charge in [-0.25, -0.2) is 13.1 Å². The molecule has 0 radical (unpaired) electrons. The topological polar surface area (TPSA) is 528 Å². The monoisotopic (exact) mass is 1690 g/mol. The van der Waals surface area contributed by atoms with Gasteiger partial charge in [0.15, 0.2) is 11.5 Å². The van der Waals surface area contributed by atoms with Gasteiger partial charge in [0, 0.05) is 36.9 Å². The van der Waals surface area contributed by atoms with Crippen LogP contribution in [0.2, 0.25) is 10.0 Å². The number of primary amides is 1. The Balaban J connectivity index is 0.906. The van der Waals surface area contributed by atoms with Crippen molar-refractivity contribution in [3.05, 3.63) is 152 Å². The van der Waals surface area contributed by atoms with Crippen molar-refractivity contribution in [2.45, 2.75) is 155 Å². The van der Waals surface area contributed by atoms with Crippen molar-refractivity contribution in [2.75, 3.05) is 53.2 Å². The number of ether oxygens (including phenoxy) is 7. The summed E-state index contributed by atoms with van der Waals surface area (Å²) in [6, 6.07) is 10.1. The fourth-order valence-corrected chi connectivity index (χ4v) is 19.5. The van der Waals surface area contributed by atoms with Gasteiger partial charge in [0.1, 0.15) is 84.3 Å². The largest absolute Gasteiger partial charge is 0.508 e. The van der Waals surface area contributed by atoms with Crippen LogP contribution in [0.5, 0.6) is 40.2 Å². The number of nitrogens with two attached hydrogens (primary N) is 2. The number of sulfonamides is 1. The van der Waals surface area contributed by atoms with Crippen LogP contribution in [0.1, 0.15) is 129 Å². The number of phenolic OH excluding ortho intramolecular Hbond substituents is 1. The quantitative estimate of drug-likeness (QED) is 0.0323. The number of hydrogen-bond acceptors (Lipinski definition) is 27. The molecule has 4 saturated carbocycles. The summed E-state index contributed by atoms with van der Waals surface area (Å²) in [5.41, 5.74) is 11.3. The van der Waals surface area contributed by atoms with Crippen molar-refractivity contribution in [1.82, 2.24) is 41.9 Å². The van der Waals surface area contributed by atoms with Crippen LogP contribution in [0.25, 0.3) is 11.1 Å². The Labute approximate surface area is 687 Å². The first-order valence-corrected chi connectivity index (χ1v) is 41.1. The van der Waals surface area contributed by atoms with Crippen LogP contribution in [0.15, 0.2) is 108 Å². The fourth-order valence-electron chi connectivity index (χ4n) is 18.0. The number of aliphatic hydroxyl groups excluding tert-OH is 5. The van der Waals surface area contributed by atoms with E-state index in [1.807, 2.05) is 25.5 Å². The SMILES string of the molecule is CCOCCOCCOc1ccc(S(=O)(=O)NC(=O)CC2NC(=O)C(NC(=O)C(CC(C)C)NC)C(O)c3ccc(c(Cl)c3)Oc3cc4cc(c3OC3OC(CN)C(O)C(O)C3O)Oc3ccc(cc3Cl)C(O)CC(=O)NC(C(=O)NC3C5CC6CC7CC3C675)c3cc(O)cc5c3-c3cc(ccc3C5(O)O)C(C(N)=O)NCC4NC2=O)cc1. The number of halogens is 2. The van der Waals surface area contributed by atoms with Crippen molar-refractivity contribution in [3.8, 4) is 51.4 Å². The van der Waals surface area contributed by atoms with E-state index in [1.54, 1.807) is 0 Å². The molecule has 0 aromatic heterocycles. The molecule has 1 saturated heterocycles. The number of likely N-dealkylation sites (N-methyl/N-ethyl adjacent to an activating group) is 1. The number of benzene rings is 6. The second-order valence-electron chi connectivity index (χ2n) is 31.4. The van der Waals surface area contributed by atoms with Gasteiger partial charge in [-0.3, -0.25) is 38.9 Å². The van der Waals surface area contributed by atoms with Crippen LogP contribution in [-0.4, -0.2) is 199 Å². The molecule has 10 aliphatic rings. The first-order chi connectivity index (χ1) is 56.2. The van der Waals surface area contributed by atoms with Crippen LogP contribution in [0.3, 0.4) is 0 Å². The minimum Gasteiger partial charge on any atom is -0.508 e. The summed E-state index contributed by atoms with van der Waals surface area (Å²) >= 11 is 14.3. The van der Waals surface area contributed by atoms with Crippen LogP contribution in [0.4, 0.5) is 0 Å². The highest BCUT2D eigenvalue weighted by atomic mass is 35.5. The Morgan fingerprint density at radius 2 is 1.36 bits per heavy atom. The second kappa shape index (κ2) is 34.4. The van der Waals surface area contributed by atoms with E-state index in [4.69, 9.17) is 67.8 Å². The second-order valence-corrected chi connectivity index (χ2v) is 33.9. The smallest absolute Gasteiger partial charge is 0.264 e. The number of carbonyl (C=O) groups excluding carboxylic acids is 7. The first-order valence-electron chi connectivity index (χ1n) is 38.9. The van der Waals surface area contributed by atoms with E-state index >= 15 is 14.4 Å².